The Hall–Kier alpha value is -2.73. The molecular weight excluding hydrogens is 370 g/mol. The van der Waals surface area contributed by atoms with Gasteiger partial charge in [0, 0.05) is 13.1 Å². The molecule has 0 bridgehead atoms. The molecule has 0 saturated carbocycles. The van der Waals surface area contributed by atoms with E-state index in [4.69, 9.17) is 12.2 Å². The number of rotatable bonds is 4. The summed E-state index contributed by atoms with van der Waals surface area (Å²) in [5.41, 5.74) is 1.83. The maximum Gasteiger partial charge on any atom is 0.262 e. The average Bonchev–Trinajstić information content (AvgIpc) is 2.72. The Morgan fingerprint density at radius 3 is 2.46 bits per heavy atom. The van der Waals surface area contributed by atoms with E-state index in [0.29, 0.717) is 16.8 Å². The van der Waals surface area contributed by atoms with Gasteiger partial charge in [-0.15, -0.1) is 0 Å². The first-order valence-electron chi connectivity index (χ1n) is 9.65. The number of hydrogen-bond acceptors (Lipinski definition) is 3. The van der Waals surface area contributed by atoms with Crippen molar-refractivity contribution in [1.82, 2.24) is 14.5 Å². The second-order valence-electron chi connectivity index (χ2n) is 7.38. The fraction of sp³-hybridized carbons (Fsp3) is 0.318. The van der Waals surface area contributed by atoms with Gasteiger partial charge < -0.3 is 9.88 Å². The van der Waals surface area contributed by atoms with Crippen molar-refractivity contribution in [2.45, 2.75) is 25.8 Å². The molecule has 1 aromatic heterocycles. The second-order valence-corrected chi connectivity index (χ2v) is 7.77. The number of fused-ring (bicyclic) bond motifs is 1. The van der Waals surface area contributed by atoms with Crippen molar-refractivity contribution in [3.63, 3.8) is 0 Å². The zero-order valence-corrected chi connectivity index (χ0v) is 16.5. The number of para-hydroxylation sites is 1. The molecule has 0 radical (unpaired) electrons. The molecule has 5 nitrogen and oxygen atoms in total. The maximum atomic E-state index is 12.8. The number of aromatic amines is 1. The molecule has 6 heteroatoms. The van der Waals surface area contributed by atoms with Crippen molar-refractivity contribution in [3.8, 4) is 0 Å². The van der Waals surface area contributed by atoms with Gasteiger partial charge >= 0.3 is 0 Å². The molecule has 2 aromatic carbocycles. The predicted octanol–water partition coefficient (Wildman–Crippen LogP) is 3.54. The first-order valence-corrected chi connectivity index (χ1v) is 10.1. The third-order valence-corrected chi connectivity index (χ3v) is 5.84. The van der Waals surface area contributed by atoms with Gasteiger partial charge in [-0.25, -0.2) is 0 Å². The molecule has 28 heavy (non-hydrogen) atoms. The van der Waals surface area contributed by atoms with Crippen molar-refractivity contribution < 1.29 is 4.79 Å². The molecule has 1 saturated heterocycles. The van der Waals surface area contributed by atoms with Crippen LogP contribution >= 0.6 is 12.2 Å². The van der Waals surface area contributed by atoms with Gasteiger partial charge in [-0.1, -0.05) is 42.5 Å². The smallest absolute Gasteiger partial charge is 0.262 e. The van der Waals surface area contributed by atoms with E-state index in [0.717, 1.165) is 32.4 Å². The zero-order valence-electron chi connectivity index (χ0n) is 15.6. The van der Waals surface area contributed by atoms with E-state index in [9.17, 15) is 9.59 Å². The van der Waals surface area contributed by atoms with Gasteiger partial charge in [0.25, 0.3) is 5.56 Å². The third-order valence-electron chi connectivity index (χ3n) is 5.52. The van der Waals surface area contributed by atoms with E-state index in [1.54, 1.807) is 6.07 Å². The van der Waals surface area contributed by atoms with Gasteiger partial charge in [0.2, 0.25) is 5.91 Å². The van der Waals surface area contributed by atoms with Crippen molar-refractivity contribution in [3.05, 3.63) is 75.3 Å². The van der Waals surface area contributed by atoms with Crippen molar-refractivity contribution >= 4 is 29.0 Å². The zero-order chi connectivity index (χ0) is 19.5. The minimum atomic E-state index is -0.216. The van der Waals surface area contributed by atoms with Gasteiger partial charge in [0.1, 0.15) is 6.54 Å². The summed E-state index contributed by atoms with van der Waals surface area (Å²) in [5.74, 6) is 0.549. The van der Waals surface area contributed by atoms with Crippen LogP contribution in [-0.4, -0.2) is 33.4 Å². The number of carbonyl (C=O) groups excluding carboxylic acids is 1. The molecule has 1 aliphatic heterocycles. The summed E-state index contributed by atoms with van der Waals surface area (Å²) < 4.78 is 1.66. The Morgan fingerprint density at radius 2 is 1.71 bits per heavy atom. The van der Waals surface area contributed by atoms with E-state index in [2.05, 4.69) is 29.2 Å². The standard InChI is InChI=1S/C22H23N3O2S/c26-20(15-25-21(27)18-8-4-5-9-19(18)23-22(25)28)24-12-10-17(11-13-24)14-16-6-2-1-3-7-16/h1-9,17H,10-15H2,(H,23,28). The van der Waals surface area contributed by atoms with Crippen LogP contribution in [0.15, 0.2) is 59.4 Å². The minimum Gasteiger partial charge on any atom is -0.341 e. The van der Waals surface area contributed by atoms with Crippen LogP contribution in [0.1, 0.15) is 18.4 Å². The van der Waals surface area contributed by atoms with Crippen LogP contribution in [0, 0.1) is 10.7 Å². The Kier molecular flexibility index (Phi) is 5.39. The molecule has 1 N–H and O–H groups in total. The molecule has 3 aromatic rings. The molecular formula is C22H23N3O2S. The van der Waals surface area contributed by atoms with Crippen LogP contribution in [0.5, 0.6) is 0 Å². The predicted molar refractivity (Wildman–Crippen MR) is 113 cm³/mol. The normalized spacial score (nSPS) is 15.1. The number of benzene rings is 2. The third kappa shape index (κ3) is 3.92. The molecule has 1 amide bonds. The summed E-state index contributed by atoms with van der Waals surface area (Å²) in [7, 11) is 0. The van der Waals surface area contributed by atoms with E-state index in [1.807, 2.05) is 29.2 Å². The number of hydrogen-bond donors (Lipinski definition) is 1. The van der Waals surface area contributed by atoms with Crippen LogP contribution in [0.4, 0.5) is 0 Å². The van der Waals surface area contributed by atoms with Gasteiger partial charge in [0.05, 0.1) is 10.9 Å². The van der Waals surface area contributed by atoms with E-state index < -0.39 is 0 Å². The van der Waals surface area contributed by atoms with Crippen molar-refractivity contribution in [2.75, 3.05) is 13.1 Å². The lowest BCUT2D eigenvalue weighted by Crippen LogP contribution is -2.42. The van der Waals surface area contributed by atoms with E-state index >= 15 is 0 Å². The lowest BCUT2D eigenvalue weighted by Gasteiger charge is -2.32. The van der Waals surface area contributed by atoms with E-state index in [1.165, 1.54) is 10.1 Å². The van der Waals surface area contributed by atoms with Gasteiger partial charge in [-0.2, -0.15) is 0 Å². The molecule has 4 rings (SSSR count). The molecule has 0 spiro atoms. The summed E-state index contributed by atoms with van der Waals surface area (Å²) in [6, 6.07) is 17.7. The quantitative estimate of drug-likeness (QED) is 0.690. The van der Waals surface area contributed by atoms with Gasteiger partial charge in [-0.3, -0.25) is 14.2 Å². The summed E-state index contributed by atoms with van der Waals surface area (Å²) in [6.07, 6.45) is 3.03. The highest BCUT2D eigenvalue weighted by Crippen LogP contribution is 2.22. The largest absolute Gasteiger partial charge is 0.341 e. The first kappa shape index (κ1) is 18.6. The van der Waals surface area contributed by atoms with Gasteiger partial charge in [0.15, 0.2) is 4.77 Å². The molecule has 1 aliphatic rings. The Morgan fingerprint density at radius 1 is 1.04 bits per heavy atom. The monoisotopic (exact) mass is 393 g/mol. The Balaban J connectivity index is 1.42. The number of amides is 1. The SMILES string of the molecule is O=C(Cn1c(=S)[nH]c2ccccc2c1=O)N1CCC(Cc2ccccc2)CC1. The molecule has 0 atom stereocenters. The molecule has 0 unspecified atom stereocenters. The van der Waals surface area contributed by atoms with Gasteiger partial charge in [-0.05, 0) is 55.1 Å². The fourth-order valence-corrected chi connectivity index (χ4v) is 4.17. The molecule has 2 heterocycles. The number of nitrogens with zero attached hydrogens (tertiary/aromatic N) is 2. The second kappa shape index (κ2) is 8.10. The van der Waals surface area contributed by atoms with Crippen LogP contribution in [0.25, 0.3) is 10.9 Å². The summed E-state index contributed by atoms with van der Waals surface area (Å²) in [6.45, 7) is 1.45. The summed E-state index contributed by atoms with van der Waals surface area (Å²) in [5, 5.41) is 0.547. The van der Waals surface area contributed by atoms with Crippen molar-refractivity contribution in [1.29, 1.82) is 0 Å². The first-order chi connectivity index (χ1) is 13.6. The number of nitrogens with one attached hydrogen (secondary N) is 1. The maximum absolute atomic E-state index is 12.8. The minimum absolute atomic E-state index is 0.0116. The highest BCUT2D eigenvalue weighted by molar-refractivity contribution is 7.71. The van der Waals surface area contributed by atoms with E-state index in [-0.39, 0.29) is 22.8 Å². The molecule has 1 fully saturated rings. The fourth-order valence-electron chi connectivity index (χ4n) is 3.91. The number of aromatic nitrogens is 2. The summed E-state index contributed by atoms with van der Waals surface area (Å²) in [4.78, 5) is 30.4. The van der Waals surface area contributed by atoms with Crippen molar-refractivity contribution in [2.24, 2.45) is 5.92 Å². The van der Waals surface area contributed by atoms with Crippen LogP contribution in [0.2, 0.25) is 0 Å². The Labute approximate surface area is 168 Å². The van der Waals surface area contributed by atoms with Crippen LogP contribution in [-0.2, 0) is 17.8 Å². The number of H-pyrrole nitrogens is 1. The Bertz CT molecular complexity index is 1100. The number of piperidine rings is 1. The molecule has 144 valence electrons. The van der Waals surface area contributed by atoms with Crippen LogP contribution in [0.3, 0.4) is 0 Å². The highest BCUT2D eigenvalue weighted by atomic mass is 32.1. The lowest BCUT2D eigenvalue weighted by atomic mass is 9.90. The summed E-state index contributed by atoms with van der Waals surface area (Å²) >= 11 is 5.32. The van der Waals surface area contributed by atoms with Crippen LogP contribution < -0.4 is 5.56 Å². The number of carbonyl (C=O) groups is 1. The number of likely N-dealkylation sites (tertiary alicyclic amines) is 1. The highest BCUT2D eigenvalue weighted by Gasteiger charge is 2.23. The molecule has 0 aliphatic carbocycles. The topological polar surface area (TPSA) is 58.1 Å². The average molecular weight is 394 g/mol. The lowest BCUT2D eigenvalue weighted by molar-refractivity contribution is -0.133.